The van der Waals surface area contributed by atoms with Gasteiger partial charge in [0, 0.05) is 6.54 Å². The fourth-order valence-corrected chi connectivity index (χ4v) is 2.26. The van der Waals surface area contributed by atoms with E-state index in [1.165, 1.54) is 6.92 Å². The minimum atomic E-state index is -4.50. The number of halogens is 3. The lowest BCUT2D eigenvalue weighted by Gasteiger charge is -2.10. The largest absolute Gasteiger partial charge is 0.416 e. The molecule has 0 aromatic heterocycles. The second-order valence-electron chi connectivity index (χ2n) is 3.72. The Balaban J connectivity index is 2.91. The molecule has 1 aromatic rings. The molecule has 0 aliphatic carbocycles. The van der Waals surface area contributed by atoms with Crippen LogP contribution in [0.15, 0.2) is 29.2 Å². The molecular formula is C10H12F3NO3S. The third-order valence-electron chi connectivity index (χ3n) is 2.06. The van der Waals surface area contributed by atoms with Crippen molar-refractivity contribution in [3.63, 3.8) is 0 Å². The minimum absolute atomic E-state index is 0.205. The summed E-state index contributed by atoms with van der Waals surface area (Å²) >= 11 is 0. The van der Waals surface area contributed by atoms with E-state index in [4.69, 9.17) is 5.11 Å². The number of rotatable bonds is 4. The smallest absolute Gasteiger partial charge is 0.392 e. The van der Waals surface area contributed by atoms with Crippen LogP contribution in [0.5, 0.6) is 0 Å². The van der Waals surface area contributed by atoms with Crippen LogP contribution >= 0.6 is 0 Å². The van der Waals surface area contributed by atoms with E-state index in [-0.39, 0.29) is 11.4 Å². The first kappa shape index (κ1) is 14.9. The van der Waals surface area contributed by atoms with Crippen LogP contribution in [0.2, 0.25) is 0 Å². The molecule has 102 valence electrons. The Morgan fingerprint density at radius 3 is 2.17 bits per heavy atom. The van der Waals surface area contributed by atoms with Crippen molar-refractivity contribution in [2.75, 3.05) is 6.54 Å². The number of alkyl halides is 3. The van der Waals surface area contributed by atoms with Crippen molar-refractivity contribution in [2.45, 2.75) is 24.1 Å². The molecule has 2 N–H and O–H groups in total. The summed E-state index contributed by atoms with van der Waals surface area (Å²) in [6.07, 6.45) is -5.38. The predicted molar refractivity (Wildman–Crippen MR) is 58.3 cm³/mol. The summed E-state index contributed by atoms with van der Waals surface area (Å²) in [5.41, 5.74) is -0.919. The zero-order valence-electron chi connectivity index (χ0n) is 9.40. The molecule has 0 saturated heterocycles. The average molecular weight is 283 g/mol. The van der Waals surface area contributed by atoms with Crippen molar-refractivity contribution < 1.29 is 26.7 Å². The van der Waals surface area contributed by atoms with Crippen molar-refractivity contribution in [3.8, 4) is 0 Å². The highest BCUT2D eigenvalue weighted by atomic mass is 32.2. The van der Waals surface area contributed by atoms with Crippen LogP contribution in [-0.4, -0.2) is 26.2 Å². The lowest BCUT2D eigenvalue weighted by molar-refractivity contribution is -0.137. The number of nitrogens with one attached hydrogen (secondary N) is 1. The molecule has 1 rings (SSSR count). The number of aliphatic hydroxyl groups is 1. The van der Waals surface area contributed by atoms with Gasteiger partial charge in [-0.05, 0) is 31.2 Å². The SMILES string of the molecule is C[C@H](O)CNS(=O)(=O)c1ccc(C(F)(F)F)cc1. The van der Waals surface area contributed by atoms with E-state index >= 15 is 0 Å². The van der Waals surface area contributed by atoms with Crippen molar-refractivity contribution in [3.05, 3.63) is 29.8 Å². The molecule has 18 heavy (non-hydrogen) atoms. The standard InChI is InChI=1S/C10H12F3NO3S/c1-7(15)6-14-18(16,17)9-4-2-8(3-5-9)10(11,12)13/h2-5,7,14-15H,6H2,1H3/t7-/m0/s1. The molecule has 0 heterocycles. The van der Waals surface area contributed by atoms with Crippen LogP contribution in [0.3, 0.4) is 0 Å². The molecule has 0 spiro atoms. The van der Waals surface area contributed by atoms with Gasteiger partial charge in [0.1, 0.15) is 0 Å². The molecule has 8 heteroatoms. The van der Waals surface area contributed by atoms with Crippen LogP contribution in [0, 0.1) is 0 Å². The Bertz CT molecular complexity index is 494. The van der Waals surface area contributed by atoms with Gasteiger partial charge in [0.25, 0.3) is 0 Å². The van der Waals surface area contributed by atoms with Gasteiger partial charge in [-0.3, -0.25) is 0 Å². The molecule has 0 fully saturated rings. The van der Waals surface area contributed by atoms with E-state index in [1.807, 2.05) is 0 Å². The highest BCUT2D eigenvalue weighted by Crippen LogP contribution is 2.29. The van der Waals surface area contributed by atoms with E-state index in [0.29, 0.717) is 12.1 Å². The lowest BCUT2D eigenvalue weighted by Crippen LogP contribution is -2.30. The maximum absolute atomic E-state index is 12.3. The second kappa shape index (κ2) is 5.25. The Labute approximate surface area is 102 Å². The van der Waals surface area contributed by atoms with Crippen molar-refractivity contribution in [2.24, 2.45) is 0 Å². The Morgan fingerprint density at radius 2 is 1.78 bits per heavy atom. The molecule has 0 bridgehead atoms. The van der Waals surface area contributed by atoms with Crippen LogP contribution < -0.4 is 4.72 Å². The van der Waals surface area contributed by atoms with E-state index in [0.717, 1.165) is 12.1 Å². The van der Waals surface area contributed by atoms with Gasteiger partial charge in [-0.15, -0.1) is 0 Å². The summed E-state index contributed by atoms with van der Waals surface area (Å²) in [6, 6.07) is 3.12. The molecule has 1 atom stereocenters. The van der Waals surface area contributed by atoms with E-state index in [1.54, 1.807) is 0 Å². The van der Waals surface area contributed by atoms with Crippen molar-refractivity contribution in [1.82, 2.24) is 4.72 Å². The minimum Gasteiger partial charge on any atom is -0.392 e. The zero-order chi connectivity index (χ0) is 14.0. The molecule has 1 aromatic carbocycles. The van der Waals surface area contributed by atoms with Gasteiger partial charge in [0.2, 0.25) is 10.0 Å². The average Bonchev–Trinajstić information content (AvgIpc) is 2.26. The fourth-order valence-electron chi connectivity index (χ4n) is 1.14. The first-order chi connectivity index (χ1) is 8.13. The zero-order valence-corrected chi connectivity index (χ0v) is 10.2. The Kier molecular flexibility index (Phi) is 4.36. The molecular weight excluding hydrogens is 271 g/mol. The van der Waals surface area contributed by atoms with Crippen molar-refractivity contribution >= 4 is 10.0 Å². The van der Waals surface area contributed by atoms with Crippen molar-refractivity contribution in [1.29, 1.82) is 0 Å². The van der Waals surface area contributed by atoms with Gasteiger partial charge in [0.15, 0.2) is 0 Å². The number of hydrogen-bond donors (Lipinski definition) is 2. The van der Waals surface area contributed by atoms with Crippen LogP contribution in [0.4, 0.5) is 13.2 Å². The highest BCUT2D eigenvalue weighted by molar-refractivity contribution is 7.89. The third kappa shape index (κ3) is 3.97. The van der Waals surface area contributed by atoms with E-state index in [9.17, 15) is 21.6 Å². The van der Waals surface area contributed by atoms with Gasteiger partial charge in [-0.2, -0.15) is 13.2 Å². The molecule has 0 saturated carbocycles. The maximum atomic E-state index is 12.3. The number of hydrogen-bond acceptors (Lipinski definition) is 3. The first-order valence-corrected chi connectivity index (χ1v) is 6.46. The maximum Gasteiger partial charge on any atom is 0.416 e. The third-order valence-corrected chi connectivity index (χ3v) is 3.50. The number of benzene rings is 1. The molecule has 0 aliphatic heterocycles. The van der Waals surface area contributed by atoms with E-state index < -0.39 is 27.9 Å². The summed E-state index contributed by atoms with van der Waals surface area (Å²) in [7, 11) is -3.89. The molecule has 0 unspecified atom stereocenters. The van der Waals surface area contributed by atoms with Gasteiger partial charge < -0.3 is 5.11 Å². The summed E-state index contributed by atoms with van der Waals surface area (Å²) < 4.78 is 62.1. The summed E-state index contributed by atoms with van der Waals surface area (Å²) in [5, 5.41) is 8.94. The van der Waals surface area contributed by atoms with Gasteiger partial charge in [0.05, 0.1) is 16.6 Å². The number of sulfonamides is 1. The molecule has 0 radical (unpaired) electrons. The normalized spacial score (nSPS) is 14.5. The van der Waals surface area contributed by atoms with Gasteiger partial charge >= 0.3 is 6.18 Å². The second-order valence-corrected chi connectivity index (χ2v) is 5.49. The van der Waals surface area contributed by atoms with Gasteiger partial charge in [-0.1, -0.05) is 0 Å². The fraction of sp³-hybridized carbons (Fsp3) is 0.400. The first-order valence-electron chi connectivity index (χ1n) is 4.98. The molecule has 4 nitrogen and oxygen atoms in total. The molecule has 0 amide bonds. The number of aliphatic hydroxyl groups excluding tert-OH is 1. The predicted octanol–water partition coefficient (Wildman–Crippen LogP) is 1.36. The van der Waals surface area contributed by atoms with E-state index in [2.05, 4.69) is 4.72 Å². The topological polar surface area (TPSA) is 66.4 Å². The van der Waals surface area contributed by atoms with Gasteiger partial charge in [-0.25, -0.2) is 13.1 Å². The van der Waals surface area contributed by atoms with Crippen LogP contribution in [-0.2, 0) is 16.2 Å². The lowest BCUT2D eigenvalue weighted by atomic mass is 10.2. The van der Waals surface area contributed by atoms with Crippen LogP contribution in [0.1, 0.15) is 12.5 Å². The Morgan fingerprint density at radius 1 is 1.28 bits per heavy atom. The van der Waals surface area contributed by atoms with Crippen LogP contribution in [0.25, 0.3) is 0 Å². The molecule has 0 aliphatic rings. The monoisotopic (exact) mass is 283 g/mol. The summed E-state index contributed by atoms with van der Waals surface area (Å²) in [6.45, 7) is 1.18. The summed E-state index contributed by atoms with van der Waals surface area (Å²) in [4.78, 5) is -0.281. The summed E-state index contributed by atoms with van der Waals surface area (Å²) in [5.74, 6) is 0. The highest BCUT2D eigenvalue weighted by Gasteiger charge is 2.30. The quantitative estimate of drug-likeness (QED) is 0.877. The Hall–Kier alpha value is -1.12.